The average Bonchev–Trinajstić information content (AvgIpc) is 2.78. The second kappa shape index (κ2) is 11.7. The lowest BCUT2D eigenvalue weighted by Crippen LogP contribution is -2.54. The number of amides is 3. The lowest BCUT2D eigenvalue weighted by Gasteiger charge is -2.22. The second-order valence-corrected chi connectivity index (χ2v) is 7.72. The highest BCUT2D eigenvalue weighted by Gasteiger charge is 2.25. The Labute approximate surface area is 188 Å². The zero-order chi connectivity index (χ0) is 23.7. The van der Waals surface area contributed by atoms with Crippen LogP contribution >= 0.6 is 0 Å². The summed E-state index contributed by atoms with van der Waals surface area (Å²) in [5.74, 6) is -0.649. The Morgan fingerprint density at radius 2 is 1.66 bits per heavy atom. The Morgan fingerprint density at radius 1 is 0.938 bits per heavy atom. The smallest absolute Gasteiger partial charge is 0.269 e. The number of ether oxygens (including phenoxy) is 2. The predicted molar refractivity (Wildman–Crippen MR) is 122 cm³/mol. The molecule has 3 N–H and O–H groups in total. The van der Waals surface area contributed by atoms with Gasteiger partial charge in [-0.25, -0.2) is 0 Å². The molecule has 172 valence electrons. The predicted octanol–water partition coefficient (Wildman–Crippen LogP) is 3.01. The number of hydrogen-bond acceptors (Lipinski definition) is 5. The van der Waals surface area contributed by atoms with E-state index >= 15 is 0 Å². The number of hydrazine groups is 1. The van der Waals surface area contributed by atoms with Crippen LogP contribution in [-0.4, -0.2) is 37.5 Å². The first-order valence-corrected chi connectivity index (χ1v) is 10.5. The summed E-state index contributed by atoms with van der Waals surface area (Å²) in [6.45, 7) is 8.02. The van der Waals surface area contributed by atoms with Crippen molar-refractivity contribution in [2.75, 3.05) is 13.7 Å². The molecule has 0 unspecified atom stereocenters. The Bertz CT molecular complexity index is 958. The molecule has 0 saturated carbocycles. The van der Waals surface area contributed by atoms with Gasteiger partial charge in [0.15, 0.2) is 11.5 Å². The van der Waals surface area contributed by atoms with Crippen LogP contribution < -0.4 is 25.6 Å². The van der Waals surface area contributed by atoms with Gasteiger partial charge < -0.3 is 14.8 Å². The minimum absolute atomic E-state index is 0.198. The molecule has 2 rings (SSSR count). The summed E-state index contributed by atoms with van der Waals surface area (Å²) in [6, 6.07) is 11.0. The third-order valence-electron chi connectivity index (χ3n) is 4.70. The van der Waals surface area contributed by atoms with E-state index in [4.69, 9.17) is 9.47 Å². The van der Waals surface area contributed by atoms with Crippen LogP contribution in [0.25, 0.3) is 0 Å². The van der Waals surface area contributed by atoms with Crippen molar-refractivity contribution in [2.45, 2.75) is 40.2 Å². The quantitative estimate of drug-likeness (QED) is 0.519. The first kappa shape index (κ1) is 24.7. The van der Waals surface area contributed by atoms with E-state index in [1.807, 2.05) is 33.8 Å². The molecule has 0 heterocycles. The van der Waals surface area contributed by atoms with Crippen molar-refractivity contribution in [2.24, 2.45) is 5.92 Å². The highest BCUT2D eigenvalue weighted by Crippen LogP contribution is 2.28. The molecule has 0 spiro atoms. The lowest BCUT2D eigenvalue weighted by molar-refractivity contribution is -0.124. The van der Waals surface area contributed by atoms with Crippen LogP contribution in [0, 0.1) is 12.8 Å². The Kier molecular flexibility index (Phi) is 9.07. The standard InChI is InChI=1S/C24H31N3O5/c1-6-12-32-19-11-10-18(14-20(19)31-5)23(29)26-27-24(30)21(15(2)3)25-22(28)17-9-7-8-16(4)13-17/h7-11,13-15,21H,6,12H2,1-5H3,(H,25,28)(H,26,29)(H,27,30)/t21-/m0/s1. The number of carbonyl (C=O) groups is 3. The fourth-order valence-electron chi connectivity index (χ4n) is 2.95. The molecule has 3 amide bonds. The minimum Gasteiger partial charge on any atom is -0.493 e. The highest BCUT2D eigenvalue weighted by atomic mass is 16.5. The van der Waals surface area contributed by atoms with Crippen LogP contribution in [0.5, 0.6) is 11.5 Å². The average molecular weight is 442 g/mol. The van der Waals surface area contributed by atoms with Crippen LogP contribution in [0.2, 0.25) is 0 Å². The van der Waals surface area contributed by atoms with Gasteiger partial charge in [-0.3, -0.25) is 25.2 Å². The van der Waals surface area contributed by atoms with Gasteiger partial charge in [0.05, 0.1) is 13.7 Å². The second-order valence-electron chi connectivity index (χ2n) is 7.72. The number of nitrogens with one attached hydrogen (secondary N) is 3. The summed E-state index contributed by atoms with van der Waals surface area (Å²) in [4.78, 5) is 37.7. The number of carbonyl (C=O) groups excluding carboxylic acids is 3. The molecular weight excluding hydrogens is 410 g/mol. The van der Waals surface area contributed by atoms with Gasteiger partial charge in [-0.2, -0.15) is 0 Å². The molecule has 2 aromatic rings. The third kappa shape index (κ3) is 6.73. The lowest BCUT2D eigenvalue weighted by atomic mass is 10.0. The van der Waals surface area contributed by atoms with Crippen LogP contribution in [0.4, 0.5) is 0 Å². The molecule has 1 atom stereocenters. The maximum Gasteiger partial charge on any atom is 0.269 e. The van der Waals surface area contributed by atoms with E-state index in [0.29, 0.717) is 23.7 Å². The number of benzene rings is 2. The number of hydrogen-bond donors (Lipinski definition) is 3. The van der Waals surface area contributed by atoms with Gasteiger partial charge in [0.2, 0.25) is 0 Å². The Hall–Kier alpha value is -3.55. The fourth-order valence-corrected chi connectivity index (χ4v) is 2.95. The normalized spacial score (nSPS) is 11.4. The summed E-state index contributed by atoms with van der Waals surface area (Å²) < 4.78 is 10.9. The zero-order valence-electron chi connectivity index (χ0n) is 19.2. The van der Waals surface area contributed by atoms with Gasteiger partial charge in [0.1, 0.15) is 6.04 Å². The molecular formula is C24H31N3O5. The first-order chi connectivity index (χ1) is 15.3. The molecule has 0 radical (unpaired) electrons. The molecule has 8 nitrogen and oxygen atoms in total. The van der Waals surface area contributed by atoms with Crippen LogP contribution in [0.15, 0.2) is 42.5 Å². The maximum atomic E-state index is 12.7. The van der Waals surface area contributed by atoms with Crippen LogP contribution in [-0.2, 0) is 4.79 Å². The summed E-state index contributed by atoms with van der Waals surface area (Å²) in [6.07, 6.45) is 0.842. The van der Waals surface area contributed by atoms with E-state index in [2.05, 4.69) is 16.2 Å². The summed E-state index contributed by atoms with van der Waals surface area (Å²) in [5.41, 5.74) is 6.47. The third-order valence-corrected chi connectivity index (χ3v) is 4.70. The van der Waals surface area contributed by atoms with Gasteiger partial charge in [0, 0.05) is 11.1 Å². The monoisotopic (exact) mass is 441 g/mol. The fraction of sp³-hybridized carbons (Fsp3) is 0.375. The molecule has 0 aliphatic carbocycles. The molecule has 0 fully saturated rings. The summed E-state index contributed by atoms with van der Waals surface area (Å²) in [7, 11) is 1.49. The van der Waals surface area contributed by atoms with E-state index in [1.165, 1.54) is 13.2 Å². The van der Waals surface area contributed by atoms with Gasteiger partial charge in [-0.1, -0.05) is 38.5 Å². The zero-order valence-corrected chi connectivity index (χ0v) is 19.2. The van der Waals surface area contributed by atoms with Gasteiger partial charge in [0.25, 0.3) is 17.7 Å². The van der Waals surface area contributed by atoms with E-state index < -0.39 is 17.9 Å². The van der Waals surface area contributed by atoms with E-state index in [0.717, 1.165) is 12.0 Å². The number of aryl methyl sites for hydroxylation is 1. The molecule has 8 heteroatoms. The van der Waals surface area contributed by atoms with E-state index in [-0.39, 0.29) is 17.4 Å². The van der Waals surface area contributed by atoms with Crippen LogP contribution in [0.3, 0.4) is 0 Å². The molecule has 0 aliphatic heterocycles. The molecule has 0 bridgehead atoms. The molecule has 0 saturated heterocycles. The van der Waals surface area contributed by atoms with Crippen molar-refractivity contribution < 1.29 is 23.9 Å². The van der Waals surface area contributed by atoms with Gasteiger partial charge >= 0.3 is 0 Å². The Balaban J connectivity index is 2.02. The highest BCUT2D eigenvalue weighted by molar-refractivity contribution is 5.99. The van der Waals surface area contributed by atoms with E-state index in [9.17, 15) is 14.4 Å². The van der Waals surface area contributed by atoms with Crippen molar-refractivity contribution in [1.29, 1.82) is 0 Å². The molecule has 0 aliphatic rings. The molecule has 2 aromatic carbocycles. The SMILES string of the molecule is CCCOc1ccc(C(=O)NNC(=O)[C@@H](NC(=O)c2cccc(C)c2)C(C)C)cc1OC. The largest absolute Gasteiger partial charge is 0.493 e. The number of rotatable bonds is 9. The van der Waals surface area contributed by atoms with Gasteiger partial charge in [-0.15, -0.1) is 0 Å². The van der Waals surface area contributed by atoms with Crippen molar-refractivity contribution in [3.63, 3.8) is 0 Å². The summed E-state index contributed by atoms with van der Waals surface area (Å²) in [5, 5.41) is 2.73. The Morgan fingerprint density at radius 3 is 2.28 bits per heavy atom. The number of methoxy groups -OCH3 is 1. The topological polar surface area (TPSA) is 106 Å². The first-order valence-electron chi connectivity index (χ1n) is 10.5. The molecule has 0 aromatic heterocycles. The van der Waals surface area contributed by atoms with Gasteiger partial charge in [-0.05, 0) is 49.6 Å². The molecule has 32 heavy (non-hydrogen) atoms. The minimum atomic E-state index is -0.831. The van der Waals surface area contributed by atoms with E-state index in [1.54, 1.807) is 30.3 Å². The van der Waals surface area contributed by atoms with Crippen molar-refractivity contribution in [1.82, 2.24) is 16.2 Å². The van der Waals surface area contributed by atoms with Crippen molar-refractivity contribution in [3.8, 4) is 11.5 Å². The van der Waals surface area contributed by atoms with Crippen molar-refractivity contribution >= 4 is 17.7 Å². The summed E-state index contributed by atoms with van der Waals surface area (Å²) >= 11 is 0. The maximum absolute atomic E-state index is 12.7. The van der Waals surface area contributed by atoms with Crippen molar-refractivity contribution in [3.05, 3.63) is 59.2 Å². The van der Waals surface area contributed by atoms with Crippen LogP contribution in [0.1, 0.15) is 53.5 Å².